The van der Waals surface area contributed by atoms with E-state index in [0.29, 0.717) is 36.4 Å². The molecule has 10 heteroatoms. The molecule has 1 aliphatic carbocycles. The van der Waals surface area contributed by atoms with E-state index in [-0.39, 0.29) is 17.6 Å². The summed E-state index contributed by atoms with van der Waals surface area (Å²) in [5.74, 6) is -1.07. The van der Waals surface area contributed by atoms with Crippen LogP contribution >= 0.6 is 15.9 Å². The van der Waals surface area contributed by atoms with Gasteiger partial charge in [-0.2, -0.15) is 0 Å². The fourth-order valence-electron chi connectivity index (χ4n) is 5.58. The molecule has 0 atom stereocenters. The summed E-state index contributed by atoms with van der Waals surface area (Å²) in [5, 5.41) is 2.87. The number of fused-ring (bicyclic) bond motifs is 1. The van der Waals surface area contributed by atoms with Crippen LogP contribution in [0, 0.1) is 5.82 Å². The number of halogens is 2. The number of nitrogens with one attached hydrogen (secondary N) is 1. The van der Waals surface area contributed by atoms with Crippen molar-refractivity contribution in [3.8, 4) is 0 Å². The monoisotopic (exact) mass is 572 g/mol. The topological polar surface area (TPSA) is 85.7 Å². The maximum absolute atomic E-state index is 14.5. The standard InChI is InChI=1S/C27H30BrFN4O4/c1-36-25(35)27(37-2)12-14-32(15-13-27)18-10-11-21-22(16-18)33(17-6-3-4-7-17)26(30-21)31-24(34)23-19(28)8-5-9-20(23)29/h5,8-11,16-17H,3-4,6-7,12-15H2,1-2H3,(H,30,31,34). The van der Waals surface area contributed by atoms with Crippen molar-refractivity contribution < 1.29 is 23.5 Å². The zero-order chi connectivity index (χ0) is 26.2. The molecule has 2 aromatic carbocycles. The Morgan fingerprint density at radius 3 is 2.51 bits per heavy atom. The molecule has 2 heterocycles. The van der Waals surface area contributed by atoms with Crippen molar-refractivity contribution in [2.75, 3.05) is 37.5 Å². The lowest BCUT2D eigenvalue weighted by Crippen LogP contribution is -2.51. The predicted molar refractivity (Wildman–Crippen MR) is 142 cm³/mol. The molecule has 1 aliphatic heterocycles. The number of carbonyl (C=O) groups excluding carboxylic acids is 2. The van der Waals surface area contributed by atoms with Gasteiger partial charge in [-0.05, 0) is 59.1 Å². The number of esters is 1. The summed E-state index contributed by atoms with van der Waals surface area (Å²) in [6, 6.07) is 10.7. The maximum Gasteiger partial charge on any atom is 0.338 e. The Morgan fingerprint density at radius 2 is 1.86 bits per heavy atom. The lowest BCUT2D eigenvalue weighted by molar-refractivity contribution is -0.168. The van der Waals surface area contributed by atoms with E-state index in [1.54, 1.807) is 19.2 Å². The van der Waals surface area contributed by atoms with Gasteiger partial charge in [0.25, 0.3) is 5.91 Å². The minimum absolute atomic E-state index is 0.0474. The first-order valence-electron chi connectivity index (χ1n) is 12.5. The number of ether oxygens (including phenoxy) is 2. The van der Waals surface area contributed by atoms with Gasteiger partial charge in [-0.25, -0.2) is 14.2 Å². The quantitative estimate of drug-likeness (QED) is 0.394. The zero-order valence-electron chi connectivity index (χ0n) is 20.9. The Bertz CT molecular complexity index is 1310. The van der Waals surface area contributed by atoms with Crippen LogP contribution in [0.1, 0.15) is 54.9 Å². The smallest absolute Gasteiger partial charge is 0.338 e. The highest BCUT2D eigenvalue weighted by atomic mass is 79.9. The molecule has 1 aromatic heterocycles. The van der Waals surface area contributed by atoms with Crippen molar-refractivity contribution in [2.45, 2.75) is 50.2 Å². The van der Waals surface area contributed by atoms with Gasteiger partial charge in [0, 0.05) is 49.2 Å². The number of nitrogens with zero attached hydrogens (tertiary/aromatic N) is 3. The Kier molecular flexibility index (Phi) is 7.22. The fraction of sp³-hybridized carbons (Fsp3) is 0.444. The van der Waals surface area contributed by atoms with Gasteiger partial charge in [0.1, 0.15) is 5.82 Å². The summed E-state index contributed by atoms with van der Waals surface area (Å²) >= 11 is 3.29. The molecule has 0 unspecified atom stereocenters. The summed E-state index contributed by atoms with van der Waals surface area (Å²) < 4.78 is 27.5. The number of amides is 1. The Hall–Kier alpha value is -2.98. The van der Waals surface area contributed by atoms with Gasteiger partial charge in [0.05, 0.1) is 23.7 Å². The number of aromatic nitrogens is 2. The predicted octanol–water partition coefficient (Wildman–Crippen LogP) is 5.46. The first kappa shape index (κ1) is 25.7. The molecule has 8 nitrogen and oxygen atoms in total. The molecule has 3 aromatic rings. The van der Waals surface area contributed by atoms with E-state index in [4.69, 9.17) is 14.5 Å². The highest BCUT2D eigenvalue weighted by Gasteiger charge is 2.43. The Balaban J connectivity index is 1.47. The molecule has 1 N–H and O–H groups in total. The normalized spacial score (nSPS) is 17.8. The van der Waals surface area contributed by atoms with Crippen LogP contribution in [-0.4, -0.2) is 54.3 Å². The van der Waals surface area contributed by atoms with Crippen molar-refractivity contribution >= 4 is 50.5 Å². The Labute approximate surface area is 223 Å². The lowest BCUT2D eigenvalue weighted by Gasteiger charge is -2.39. The molecule has 5 rings (SSSR count). The van der Waals surface area contributed by atoms with Gasteiger partial charge in [0.15, 0.2) is 5.60 Å². The molecular weight excluding hydrogens is 543 g/mol. The van der Waals surface area contributed by atoms with Crippen LogP contribution in [-0.2, 0) is 14.3 Å². The number of methoxy groups -OCH3 is 2. The summed E-state index contributed by atoms with van der Waals surface area (Å²) in [7, 11) is 2.93. The second-order valence-corrected chi connectivity index (χ2v) is 10.5. The molecule has 37 heavy (non-hydrogen) atoms. The molecule has 2 aliphatic rings. The number of anilines is 2. The van der Waals surface area contributed by atoms with E-state index in [1.807, 2.05) is 12.1 Å². The van der Waals surface area contributed by atoms with Gasteiger partial charge < -0.3 is 18.9 Å². The number of imidazole rings is 1. The molecule has 1 amide bonds. The van der Waals surface area contributed by atoms with Gasteiger partial charge in [-0.15, -0.1) is 0 Å². The summed E-state index contributed by atoms with van der Waals surface area (Å²) in [5.41, 5.74) is 1.73. The van der Waals surface area contributed by atoms with Crippen LogP contribution < -0.4 is 10.2 Å². The third kappa shape index (κ3) is 4.72. The second-order valence-electron chi connectivity index (χ2n) is 9.64. The average Bonchev–Trinajstić information content (AvgIpc) is 3.55. The third-order valence-corrected chi connectivity index (χ3v) is 8.32. The van der Waals surface area contributed by atoms with Gasteiger partial charge in [0.2, 0.25) is 5.95 Å². The average molecular weight is 573 g/mol. The molecule has 2 fully saturated rings. The van der Waals surface area contributed by atoms with Crippen LogP contribution in [0.5, 0.6) is 0 Å². The van der Waals surface area contributed by atoms with E-state index < -0.39 is 17.3 Å². The highest BCUT2D eigenvalue weighted by molar-refractivity contribution is 9.10. The van der Waals surface area contributed by atoms with Crippen molar-refractivity contribution in [1.82, 2.24) is 9.55 Å². The molecular formula is C27H30BrFN4O4. The lowest BCUT2D eigenvalue weighted by atomic mass is 9.91. The number of hydrogen-bond acceptors (Lipinski definition) is 6. The fourth-order valence-corrected chi connectivity index (χ4v) is 6.10. The van der Waals surface area contributed by atoms with Gasteiger partial charge in [-0.3, -0.25) is 10.1 Å². The molecule has 1 saturated heterocycles. The maximum atomic E-state index is 14.5. The van der Waals surface area contributed by atoms with Gasteiger partial charge in [-0.1, -0.05) is 18.9 Å². The van der Waals surface area contributed by atoms with Crippen LogP contribution in [0.4, 0.5) is 16.0 Å². The second kappa shape index (κ2) is 10.4. The molecule has 0 radical (unpaired) electrons. The van der Waals surface area contributed by atoms with Crippen molar-refractivity contribution in [2.24, 2.45) is 0 Å². The summed E-state index contributed by atoms with van der Waals surface area (Å²) in [6.07, 6.45) is 5.23. The van der Waals surface area contributed by atoms with E-state index in [2.05, 4.69) is 36.8 Å². The molecule has 0 spiro atoms. The molecule has 196 valence electrons. The summed E-state index contributed by atoms with van der Waals surface area (Å²) in [4.78, 5) is 32.4. The number of piperidine rings is 1. The van der Waals surface area contributed by atoms with Crippen molar-refractivity contribution in [1.29, 1.82) is 0 Å². The van der Waals surface area contributed by atoms with Crippen LogP contribution in [0.25, 0.3) is 11.0 Å². The van der Waals surface area contributed by atoms with Crippen LogP contribution in [0.15, 0.2) is 40.9 Å². The highest BCUT2D eigenvalue weighted by Crippen LogP contribution is 2.38. The zero-order valence-corrected chi connectivity index (χ0v) is 22.5. The molecule has 1 saturated carbocycles. The third-order valence-electron chi connectivity index (χ3n) is 7.66. The van der Waals surface area contributed by atoms with Crippen LogP contribution in [0.2, 0.25) is 0 Å². The number of carbonyl (C=O) groups is 2. The van der Waals surface area contributed by atoms with E-state index in [0.717, 1.165) is 42.4 Å². The number of benzene rings is 2. The van der Waals surface area contributed by atoms with E-state index >= 15 is 0 Å². The first-order valence-corrected chi connectivity index (χ1v) is 13.3. The largest absolute Gasteiger partial charge is 0.467 e. The van der Waals surface area contributed by atoms with Crippen molar-refractivity contribution in [3.63, 3.8) is 0 Å². The SMILES string of the molecule is COC(=O)C1(OC)CCN(c2ccc3nc(NC(=O)c4c(F)cccc4Br)n(C4CCCC4)c3c2)CC1. The van der Waals surface area contributed by atoms with Crippen molar-refractivity contribution in [3.05, 3.63) is 52.3 Å². The number of hydrogen-bond donors (Lipinski definition) is 1. The number of rotatable bonds is 6. The minimum atomic E-state index is -0.917. The first-order chi connectivity index (χ1) is 17.9. The molecule has 0 bridgehead atoms. The van der Waals surface area contributed by atoms with E-state index in [9.17, 15) is 14.0 Å². The van der Waals surface area contributed by atoms with Crippen LogP contribution in [0.3, 0.4) is 0 Å². The van der Waals surface area contributed by atoms with Gasteiger partial charge >= 0.3 is 5.97 Å². The summed E-state index contributed by atoms with van der Waals surface area (Å²) in [6.45, 7) is 1.27. The Morgan fingerprint density at radius 1 is 1.14 bits per heavy atom. The van der Waals surface area contributed by atoms with E-state index in [1.165, 1.54) is 13.2 Å². The minimum Gasteiger partial charge on any atom is -0.467 e.